The first-order valence-corrected chi connectivity index (χ1v) is 9.46. The number of aliphatic hydroxyl groups is 1. The highest BCUT2D eigenvalue weighted by molar-refractivity contribution is 6.14. The molecule has 0 amide bonds. The predicted octanol–water partition coefficient (Wildman–Crippen LogP) is 4.67. The Hall–Kier alpha value is -4.11. The molecule has 4 rings (SSSR count). The van der Waals surface area contributed by atoms with Crippen molar-refractivity contribution >= 4 is 5.71 Å². The number of nitrogens with zero attached hydrogens (tertiary/aromatic N) is 4. The number of rotatable bonds is 4. The van der Waals surface area contributed by atoms with Gasteiger partial charge in [0, 0.05) is 36.3 Å². The van der Waals surface area contributed by atoms with E-state index in [9.17, 15) is 10.4 Å². The molecule has 0 saturated carbocycles. The number of ether oxygens (including phenoxy) is 1. The van der Waals surface area contributed by atoms with E-state index in [1.165, 1.54) is 0 Å². The van der Waals surface area contributed by atoms with Crippen molar-refractivity contribution in [1.29, 1.82) is 5.26 Å². The summed E-state index contributed by atoms with van der Waals surface area (Å²) in [5, 5.41) is 20.2. The van der Waals surface area contributed by atoms with E-state index in [0.717, 1.165) is 28.1 Å². The summed E-state index contributed by atoms with van der Waals surface area (Å²) in [4.78, 5) is 8.59. The first-order chi connectivity index (χ1) is 14.6. The molecule has 0 aliphatic carbocycles. The van der Waals surface area contributed by atoms with Gasteiger partial charge in [0.2, 0.25) is 0 Å². The molecular weight excluding hydrogens is 376 g/mol. The van der Waals surface area contributed by atoms with E-state index >= 15 is 0 Å². The van der Waals surface area contributed by atoms with Gasteiger partial charge < -0.3 is 14.4 Å². The number of aliphatic imine (C=N–C) groups is 1. The molecule has 1 aromatic heterocycles. The molecule has 1 aliphatic rings. The quantitative estimate of drug-likeness (QED) is 0.650. The van der Waals surface area contributed by atoms with E-state index in [2.05, 4.69) is 16.0 Å². The van der Waals surface area contributed by atoms with E-state index in [-0.39, 0.29) is 11.5 Å². The van der Waals surface area contributed by atoms with Gasteiger partial charge in [-0.1, -0.05) is 42.5 Å². The van der Waals surface area contributed by atoms with Crippen molar-refractivity contribution in [3.63, 3.8) is 0 Å². The lowest BCUT2D eigenvalue weighted by molar-refractivity contribution is 0.134. The van der Waals surface area contributed by atoms with Gasteiger partial charge in [0.15, 0.2) is 0 Å². The molecule has 1 aliphatic heterocycles. The summed E-state index contributed by atoms with van der Waals surface area (Å²) in [7, 11) is 1.71. The van der Waals surface area contributed by atoms with Crippen molar-refractivity contribution in [2.24, 2.45) is 4.99 Å². The number of aromatic nitrogens is 2. The number of aliphatic hydroxyl groups excluding tert-OH is 1. The van der Waals surface area contributed by atoms with Gasteiger partial charge in [0.05, 0.1) is 18.0 Å². The normalized spacial score (nSPS) is 17.0. The molecule has 0 fully saturated rings. The summed E-state index contributed by atoms with van der Waals surface area (Å²) in [5.74, 6) is -0.356. The minimum atomic E-state index is -0.500. The van der Waals surface area contributed by atoms with Gasteiger partial charge in [-0.3, -0.25) is 4.99 Å². The van der Waals surface area contributed by atoms with Gasteiger partial charge in [0.25, 0.3) is 5.95 Å². The smallest absolute Gasteiger partial charge is 0.297 e. The van der Waals surface area contributed by atoms with Crippen LogP contribution in [0, 0.1) is 11.3 Å². The number of hydrogen-bond acceptors (Lipinski definition) is 5. The third-order valence-electron chi connectivity index (χ3n) is 5.11. The summed E-state index contributed by atoms with van der Waals surface area (Å²) in [6.07, 6.45) is 5.31. The maximum Gasteiger partial charge on any atom is 0.297 e. The molecule has 3 aromatic rings. The van der Waals surface area contributed by atoms with Gasteiger partial charge in [-0.15, -0.1) is 0 Å². The summed E-state index contributed by atoms with van der Waals surface area (Å²) in [5.41, 5.74) is 4.35. The minimum Gasteiger partial charge on any atom is -0.480 e. The van der Waals surface area contributed by atoms with Crippen molar-refractivity contribution < 1.29 is 9.84 Å². The molecule has 1 N–H and O–H groups in total. The van der Waals surface area contributed by atoms with Gasteiger partial charge in [-0.2, -0.15) is 5.26 Å². The first-order valence-electron chi connectivity index (χ1n) is 9.46. The topological polar surface area (TPSA) is 83.4 Å². The fourth-order valence-corrected chi connectivity index (χ4v) is 3.73. The van der Waals surface area contributed by atoms with Crippen LogP contribution >= 0.6 is 0 Å². The zero-order valence-electron chi connectivity index (χ0n) is 16.6. The Morgan fingerprint density at radius 3 is 2.50 bits per heavy atom. The Bertz CT molecular complexity index is 1180. The van der Waals surface area contributed by atoms with Crippen LogP contribution in [0.25, 0.3) is 5.69 Å². The molecule has 6 heteroatoms. The second-order valence-electron chi connectivity index (χ2n) is 6.84. The third-order valence-corrected chi connectivity index (χ3v) is 5.11. The molecule has 1 unspecified atom stereocenters. The molecule has 6 nitrogen and oxygen atoms in total. The van der Waals surface area contributed by atoms with E-state index in [1.54, 1.807) is 26.5 Å². The predicted molar refractivity (Wildman–Crippen MR) is 114 cm³/mol. The monoisotopic (exact) mass is 396 g/mol. The maximum atomic E-state index is 10.4. The van der Waals surface area contributed by atoms with Crippen LogP contribution in [-0.4, -0.2) is 27.4 Å². The van der Waals surface area contributed by atoms with Gasteiger partial charge in [-0.25, -0.2) is 4.98 Å². The average molecular weight is 396 g/mol. The molecule has 30 heavy (non-hydrogen) atoms. The van der Waals surface area contributed by atoms with Crippen molar-refractivity contribution in [2.75, 3.05) is 7.05 Å². The number of hydrogen-bond donors (Lipinski definition) is 1. The van der Waals surface area contributed by atoms with Crippen LogP contribution in [0.5, 0.6) is 0 Å². The van der Waals surface area contributed by atoms with E-state index in [0.29, 0.717) is 5.76 Å². The second-order valence-corrected chi connectivity index (χ2v) is 6.84. The van der Waals surface area contributed by atoms with Crippen LogP contribution in [0.2, 0.25) is 0 Å². The van der Waals surface area contributed by atoms with E-state index < -0.39 is 5.92 Å². The van der Waals surface area contributed by atoms with Crippen LogP contribution in [0.3, 0.4) is 0 Å². The zero-order valence-corrected chi connectivity index (χ0v) is 16.6. The van der Waals surface area contributed by atoms with E-state index in [1.807, 2.05) is 65.4 Å². The fourth-order valence-electron chi connectivity index (χ4n) is 3.73. The van der Waals surface area contributed by atoms with Gasteiger partial charge in [-0.05, 0) is 24.6 Å². The fraction of sp³-hybridized carbons (Fsp3) is 0.125. The Balaban J connectivity index is 1.84. The first kappa shape index (κ1) is 19.2. The van der Waals surface area contributed by atoms with E-state index in [4.69, 9.17) is 4.74 Å². The number of nitriles is 1. The molecule has 2 heterocycles. The lowest BCUT2D eigenvalue weighted by Gasteiger charge is -2.28. The van der Waals surface area contributed by atoms with Crippen molar-refractivity contribution in [3.8, 4) is 11.8 Å². The lowest BCUT2D eigenvalue weighted by Crippen LogP contribution is -2.22. The lowest BCUT2D eigenvalue weighted by atomic mass is 9.79. The maximum absolute atomic E-state index is 10.4. The molecule has 148 valence electrons. The number of benzene rings is 2. The summed E-state index contributed by atoms with van der Waals surface area (Å²) in [6.45, 7) is 1.78. The van der Waals surface area contributed by atoms with Crippen molar-refractivity contribution in [3.05, 3.63) is 107 Å². The second kappa shape index (κ2) is 8.10. The Labute approximate surface area is 174 Å². The number of allylic oxidation sites excluding steroid dienone is 3. The third kappa shape index (κ3) is 3.38. The average Bonchev–Trinajstić information content (AvgIpc) is 3.31. The van der Waals surface area contributed by atoms with Gasteiger partial charge >= 0.3 is 0 Å². The van der Waals surface area contributed by atoms with Crippen molar-refractivity contribution in [2.45, 2.75) is 12.8 Å². The van der Waals surface area contributed by atoms with Crippen LogP contribution in [0.1, 0.15) is 24.0 Å². The zero-order chi connectivity index (χ0) is 21.1. The highest BCUT2D eigenvalue weighted by atomic mass is 16.6. The summed E-state index contributed by atoms with van der Waals surface area (Å²) < 4.78 is 7.44. The van der Waals surface area contributed by atoms with Gasteiger partial charge in [0.1, 0.15) is 17.4 Å². The van der Waals surface area contributed by atoms with Crippen molar-refractivity contribution in [1.82, 2.24) is 9.55 Å². The molecule has 0 saturated heterocycles. The molecule has 0 spiro atoms. The largest absolute Gasteiger partial charge is 0.480 e. The standard InChI is InChI=1S/C24H20N4O2/c1-16-21(23(26-2)18-6-4-3-5-7-18)22(20(14-25)24(29)30-16)17-8-10-19(11-9-17)28-13-12-27-15-28/h3-13,15,22,29H,1-2H3. The molecule has 1 atom stereocenters. The SMILES string of the molecule is CN=C(C1=C(C)OC(O)=C(C#N)C1c1ccc(-n2ccnc2)cc1)c1ccccc1. The Morgan fingerprint density at radius 2 is 1.90 bits per heavy atom. The molecule has 0 bridgehead atoms. The van der Waals surface area contributed by atoms with Crippen LogP contribution in [-0.2, 0) is 4.74 Å². The summed E-state index contributed by atoms with van der Waals surface area (Å²) >= 11 is 0. The van der Waals surface area contributed by atoms with Crippen LogP contribution in [0.4, 0.5) is 0 Å². The summed E-state index contributed by atoms with van der Waals surface area (Å²) in [6, 6.07) is 19.7. The Kier molecular flexibility index (Phi) is 5.19. The molecular formula is C24H20N4O2. The van der Waals surface area contributed by atoms with Crippen LogP contribution in [0.15, 0.2) is 101 Å². The van der Waals surface area contributed by atoms with Crippen LogP contribution < -0.4 is 0 Å². The Morgan fingerprint density at radius 1 is 1.17 bits per heavy atom. The molecule has 0 radical (unpaired) electrons. The highest BCUT2D eigenvalue weighted by Gasteiger charge is 2.35. The molecule has 2 aromatic carbocycles. The number of imidazole rings is 1. The highest BCUT2D eigenvalue weighted by Crippen LogP contribution is 2.41. The minimum absolute atomic E-state index is 0.156.